The Kier molecular flexibility index (Phi) is 5.69. The summed E-state index contributed by atoms with van der Waals surface area (Å²) in [5.74, 6) is 0.705. The van der Waals surface area contributed by atoms with Crippen molar-refractivity contribution in [1.82, 2.24) is 19.5 Å². The van der Waals surface area contributed by atoms with Gasteiger partial charge in [-0.2, -0.15) is 0 Å². The van der Waals surface area contributed by atoms with Gasteiger partial charge in [0.2, 0.25) is 5.95 Å². The first kappa shape index (κ1) is 23.1. The molecular weight excluding hydrogens is 477 g/mol. The SMILES string of the molecule is CC(C)n1c(C2CC(O)C2)nc2c(F)cc(-c3nc(N[C@@H]4C[C@H]5CO[C@H](O5)[C@H]4O)ncc3Cl)cc21. The zero-order valence-corrected chi connectivity index (χ0v) is 20.1. The minimum Gasteiger partial charge on any atom is -0.393 e. The molecule has 0 spiro atoms. The standard InChI is InChI=1S/C24H27ClFN5O4/c1-10(2)31-18-6-11(5-16(26)20(18)29-22(31)12-3-13(32)4-12)19-15(25)8-27-24(30-19)28-17-7-14-9-34-23(35-14)21(17)33/h5-6,8,10,12-14,17,21,23,32-33H,3-4,7,9H2,1-2H3,(H,27,28,30)/t12?,13?,14-,17+,21-,23+/m0/s1. The third-order valence-electron chi connectivity index (χ3n) is 7.08. The van der Waals surface area contributed by atoms with Gasteiger partial charge in [0.05, 0.1) is 47.3 Å². The third-order valence-corrected chi connectivity index (χ3v) is 7.36. The summed E-state index contributed by atoms with van der Waals surface area (Å²) < 4.78 is 28.4. The van der Waals surface area contributed by atoms with E-state index in [4.69, 9.17) is 21.1 Å². The Hall–Kier alpha value is -2.37. The minimum atomic E-state index is -0.867. The van der Waals surface area contributed by atoms with Crippen molar-refractivity contribution in [1.29, 1.82) is 0 Å². The highest BCUT2D eigenvalue weighted by Crippen LogP contribution is 2.40. The fourth-order valence-corrected chi connectivity index (χ4v) is 5.47. The van der Waals surface area contributed by atoms with Crippen LogP contribution in [0.2, 0.25) is 5.02 Å². The summed E-state index contributed by atoms with van der Waals surface area (Å²) in [6.45, 7) is 4.50. The molecule has 0 amide bonds. The van der Waals surface area contributed by atoms with Crippen LogP contribution in [-0.4, -0.2) is 67.0 Å². The lowest BCUT2D eigenvalue weighted by Gasteiger charge is -2.32. The molecule has 35 heavy (non-hydrogen) atoms. The van der Waals surface area contributed by atoms with Crippen molar-refractivity contribution in [3.05, 3.63) is 35.0 Å². The van der Waals surface area contributed by atoms with Crippen molar-refractivity contribution in [3.8, 4) is 11.3 Å². The highest BCUT2D eigenvalue weighted by Gasteiger charge is 2.43. The molecule has 0 unspecified atom stereocenters. The van der Waals surface area contributed by atoms with Crippen molar-refractivity contribution in [2.45, 2.75) is 75.7 Å². The Morgan fingerprint density at radius 2 is 2.00 bits per heavy atom. The predicted octanol–water partition coefficient (Wildman–Crippen LogP) is 3.39. The van der Waals surface area contributed by atoms with E-state index in [0.717, 1.165) is 5.82 Å². The van der Waals surface area contributed by atoms with Crippen LogP contribution in [0.15, 0.2) is 18.3 Å². The lowest BCUT2D eigenvalue weighted by Crippen LogP contribution is -2.48. The lowest BCUT2D eigenvalue weighted by molar-refractivity contribution is -0.156. The summed E-state index contributed by atoms with van der Waals surface area (Å²) in [6, 6.07) is 2.93. The van der Waals surface area contributed by atoms with Gasteiger partial charge < -0.3 is 29.6 Å². The quantitative estimate of drug-likeness (QED) is 0.485. The molecule has 3 N–H and O–H groups in total. The topological polar surface area (TPSA) is 115 Å². The number of aliphatic hydroxyl groups excluding tert-OH is 2. The molecule has 3 aromatic rings. The van der Waals surface area contributed by atoms with E-state index in [1.807, 2.05) is 24.5 Å². The Morgan fingerprint density at radius 3 is 2.74 bits per heavy atom. The number of halogens is 2. The van der Waals surface area contributed by atoms with E-state index in [9.17, 15) is 10.2 Å². The number of nitrogens with zero attached hydrogens (tertiary/aromatic N) is 4. The smallest absolute Gasteiger partial charge is 0.223 e. The van der Waals surface area contributed by atoms with Gasteiger partial charge in [0.1, 0.15) is 17.4 Å². The first-order valence-corrected chi connectivity index (χ1v) is 12.3. The molecule has 3 aliphatic rings. The van der Waals surface area contributed by atoms with Gasteiger partial charge in [0.25, 0.3) is 0 Å². The Morgan fingerprint density at radius 1 is 1.20 bits per heavy atom. The normalized spacial score (nSPS) is 30.1. The van der Waals surface area contributed by atoms with Gasteiger partial charge in [-0.15, -0.1) is 0 Å². The molecule has 4 heterocycles. The number of hydrogen-bond acceptors (Lipinski definition) is 8. The number of aromatic nitrogens is 4. The molecule has 2 aliphatic heterocycles. The van der Waals surface area contributed by atoms with Crippen molar-refractivity contribution in [2.24, 2.45) is 0 Å². The van der Waals surface area contributed by atoms with Gasteiger partial charge in [0, 0.05) is 17.5 Å². The van der Waals surface area contributed by atoms with E-state index in [0.29, 0.717) is 48.2 Å². The summed E-state index contributed by atoms with van der Waals surface area (Å²) in [7, 11) is 0. The van der Waals surface area contributed by atoms with Gasteiger partial charge in [-0.25, -0.2) is 19.3 Å². The van der Waals surface area contributed by atoms with E-state index in [1.54, 1.807) is 0 Å². The number of imidazole rings is 1. The summed E-state index contributed by atoms with van der Waals surface area (Å²) in [6.07, 6.45) is 1.31. The van der Waals surface area contributed by atoms with Crippen molar-refractivity contribution >= 4 is 28.6 Å². The van der Waals surface area contributed by atoms with Crippen LogP contribution in [0, 0.1) is 5.82 Å². The second-order valence-corrected chi connectivity index (χ2v) is 10.3. The molecule has 2 saturated heterocycles. The van der Waals surface area contributed by atoms with Crippen molar-refractivity contribution in [3.63, 3.8) is 0 Å². The Labute approximate surface area is 206 Å². The van der Waals surface area contributed by atoms with Crippen LogP contribution in [0.1, 0.15) is 50.9 Å². The highest BCUT2D eigenvalue weighted by atomic mass is 35.5. The molecule has 186 valence electrons. The predicted molar refractivity (Wildman–Crippen MR) is 127 cm³/mol. The molecule has 2 aromatic heterocycles. The molecule has 6 rings (SSSR count). The number of hydrogen-bond donors (Lipinski definition) is 3. The fraction of sp³-hybridized carbons (Fsp3) is 0.542. The van der Waals surface area contributed by atoms with E-state index in [-0.39, 0.29) is 41.2 Å². The second kappa shape index (κ2) is 8.63. The Bertz CT molecular complexity index is 1280. The molecule has 9 nitrogen and oxygen atoms in total. The number of aliphatic hydroxyl groups is 2. The van der Waals surface area contributed by atoms with Crippen LogP contribution in [0.5, 0.6) is 0 Å². The molecule has 11 heteroatoms. The van der Waals surface area contributed by atoms with Crippen molar-refractivity contribution in [2.75, 3.05) is 11.9 Å². The molecule has 2 bridgehead atoms. The number of nitrogens with one attached hydrogen (secondary N) is 1. The molecule has 1 aliphatic carbocycles. The average molecular weight is 504 g/mol. The fourth-order valence-electron chi connectivity index (χ4n) is 5.27. The highest BCUT2D eigenvalue weighted by molar-refractivity contribution is 6.33. The maximum atomic E-state index is 15.3. The molecule has 0 radical (unpaired) electrons. The molecule has 1 aromatic carbocycles. The van der Waals surface area contributed by atoms with Gasteiger partial charge in [-0.1, -0.05) is 11.6 Å². The summed E-state index contributed by atoms with van der Waals surface area (Å²) in [5.41, 5.74) is 1.83. The largest absolute Gasteiger partial charge is 0.393 e. The zero-order valence-electron chi connectivity index (χ0n) is 19.4. The van der Waals surface area contributed by atoms with Crippen LogP contribution >= 0.6 is 11.6 Å². The van der Waals surface area contributed by atoms with E-state index >= 15 is 4.39 Å². The van der Waals surface area contributed by atoms with Gasteiger partial charge >= 0.3 is 0 Å². The summed E-state index contributed by atoms with van der Waals surface area (Å²) in [4.78, 5) is 13.4. The minimum absolute atomic E-state index is 0.0492. The number of rotatable bonds is 5. The van der Waals surface area contributed by atoms with Crippen molar-refractivity contribution < 1.29 is 24.1 Å². The van der Waals surface area contributed by atoms with E-state index in [2.05, 4.69) is 20.3 Å². The second-order valence-electron chi connectivity index (χ2n) is 9.91. The molecular formula is C24H27ClFN5O4. The van der Waals surface area contributed by atoms with Crippen LogP contribution in [0.4, 0.5) is 10.3 Å². The number of benzene rings is 1. The maximum absolute atomic E-state index is 15.3. The summed E-state index contributed by atoms with van der Waals surface area (Å²) >= 11 is 6.45. The lowest BCUT2D eigenvalue weighted by atomic mass is 9.82. The van der Waals surface area contributed by atoms with Gasteiger partial charge in [-0.3, -0.25) is 0 Å². The average Bonchev–Trinajstić information content (AvgIpc) is 3.38. The number of ether oxygens (including phenoxy) is 2. The van der Waals surface area contributed by atoms with Crippen LogP contribution < -0.4 is 5.32 Å². The molecule has 3 fully saturated rings. The molecule has 4 atom stereocenters. The summed E-state index contributed by atoms with van der Waals surface area (Å²) in [5, 5.41) is 23.7. The molecule has 1 saturated carbocycles. The van der Waals surface area contributed by atoms with E-state index < -0.39 is 18.2 Å². The van der Waals surface area contributed by atoms with E-state index in [1.165, 1.54) is 12.3 Å². The van der Waals surface area contributed by atoms with Gasteiger partial charge in [0.15, 0.2) is 12.1 Å². The third kappa shape index (κ3) is 3.97. The number of anilines is 1. The van der Waals surface area contributed by atoms with Gasteiger partial charge in [-0.05, 0) is 45.2 Å². The Balaban J connectivity index is 1.37. The monoisotopic (exact) mass is 503 g/mol. The van der Waals surface area contributed by atoms with Crippen LogP contribution in [0.3, 0.4) is 0 Å². The first-order chi connectivity index (χ1) is 16.8. The number of fused-ring (bicyclic) bond motifs is 3. The van der Waals surface area contributed by atoms with Crippen LogP contribution in [-0.2, 0) is 9.47 Å². The first-order valence-electron chi connectivity index (χ1n) is 11.9. The maximum Gasteiger partial charge on any atom is 0.223 e. The zero-order chi connectivity index (χ0) is 24.4. The van der Waals surface area contributed by atoms with Crippen LogP contribution in [0.25, 0.3) is 22.3 Å².